The van der Waals surface area contributed by atoms with Crippen molar-refractivity contribution in [3.63, 3.8) is 0 Å². The Bertz CT molecular complexity index is 756. The molecule has 0 atom stereocenters. The number of anilines is 1. The van der Waals surface area contributed by atoms with Crippen LogP contribution in [0.25, 0.3) is 0 Å². The molecule has 21 heavy (non-hydrogen) atoms. The number of nitrogens with zero attached hydrogens (tertiary/aromatic N) is 4. The zero-order chi connectivity index (χ0) is 16.0. The summed E-state index contributed by atoms with van der Waals surface area (Å²) in [5.74, 6) is 0. The molecule has 0 aliphatic carbocycles. The number of halogens is 3. The van der Waals surface area contributed by atoms with Crippen molar-refractivity contribution in [2.75, 3.05) is 4.72 Å². The Balaban J connectivity index is 2.48. The summed E-state index contributed by atoms with van der Waals surface area (Å²) >= 11 is 0. The van der Waals surface area contributed by atoms with Crippen LogP contribution in [-0.2, 0) is 30.3 Å². The van der Waals surface area contributed by atoms with Crippen LogP contribution in [0.2, 0.25) is 0 Å². The second-order valence-electron chi connectivity index (χ2n) is 4.42. The number of hydrogen-bond donors (Lipinski definition) is 1. The van der Waals surface area contributed by atoms with Crippen molar-refractivity contribution in [3.8, 4) is 0 Å². The molecular weight excluding hydrogens is 311 g/mol. The van der Waals surface area contributed by atoms with E-state index in [9.17, 15) is 21.6 Å². The lowest BCUT2D eigenvalue weighted by molar-refractivity contribution is -0.140. The minimum absolute atomic E-state index is 0.209. The first-order chi connectivity index (χ1) is 9.52. The molecule has 0 aliphatic heterocycles. The second kappa shape index (κ2) is 4.76. The van der Waals surface area contributed by atoms with Crippen LogP contribution in [0.5, 0.6) is 0 Å². The van der Waals surface area contributed by atoms with Crippen molar-refractivity contribution in [2.24, 2.45) is 14.1 Å². The molecule has 1 N–H and O–H groups in total. The summed E-state index contributed by atoms with van der Waals surface area (Å²) in [5.41, 5.74) is -1.61. The highest BCUT2D eigenvalue weighted by Crippen LogP contribution is 2.34. The molecule has 7 nitrogen and oxygen atoms in total. The number of hydrogen-bond acceptors (Lipinski definition) is 4. The SMILES string of the molecule is Cc1cnn(C)c1S(=O)(=O)Nc1cn(C)nc1C(F)(F)F. The van der Waals surface area contributed by atoms with Gasteiger partial charge >= 0.3 is 6.18 Å². The summed E-state index contributed by atoms with van der Waals surface area (Å²) in [4.78, 5) is 0. The standard InChI is InChI=1S/C10H12F3N5O2S/c1-6-4-14-18(3)9(6)21(19,20)16-7-5-17(2)15-8(7)10(11,12)13/h4-5,16H,1-3H3. The molecule has 11 heteroatoms. The number of rotatable bonds is 3. The van der Waals surface area contributed by atoms with Crippen molar-refractivity contribution in [1.29, 1.82) is 0 Å². The van der Waals surface area contributed by atoms with Crippen LogP contribution in [0.3, 0.4) is 0 Å². The topological polar surface area (TPSA) is 81.8 Å². The molecule has 0 saturated heterocycles. The molecule has 2 aromatic rings. The van der Waals surface area contributed by atoms with Gasteiger partial charge in [-0.05, 0) is 6.92 Å². The zero-order valence-electron chi connectivity index (χ0n) is 11.3. The monoisotopic (exact) mass is 323 g/mol. The van der Waals surface area contributed by atoms with Crippen LogP contribution in [0, 0.1) is 6.92 Å². The van der Waals surface area contributed by atoms with Crippen LogP contribution in [0.1, 0.15) is 11.3 Å². The van der Waals surface area contributed by atoms with Crippen molar-refractivity contribution in [1.82, 2.24) is 19.6 Å². The number of sulfonamides is 1. The third-order valence-corrected chi connectivity index (χ3v) is 4.24. The lowest BCUT2D eigenvalue weighted by Gasteiger charge is -2.10. The molecule has 0 amide bonds. The van der Waals surface area contributed by atoms with Crippen molar-refractivity contribution in [3.05, 3.63) is 23.7 Å². The fourth-order valence-electron chi connectivity index (χ4n) is 1.89. The molecule has 2 rings (SSSR count). The van der Waals surface area contributed by atoms with Gasteiger partial charge in [0.2, 0.25) is 0 Å². The molecule has 0 radical (unpaired) electrons. The summed E-state index contributed by atoms with van der Waals surface area (Å²) in [6.07, 6.45) is -2.50. The van der Waals surface area contributed by atoms with Gasteiger partial charge in [0, 0.05) is 25.9 Å². The van der Waals surface area contributed by atoms with E-state index in [1.807, 2.05) is 4.72 Å². The molecule has 116 valence electrons. The van der Waals surface area contributed by atoms with Gasteiger partial charge in [-0.3, -0.25) is 14.1 Å². The van der Waals surface area contributed by atoms with Gasteiger partial charge < -0.3 is 0 Å². The zero-order valence-corrected chi connectivity index (χ0v) is 12.1. The van der Waals surface area contributed by atoms with E-state index in [2.05, 4.69) is 10.2 Å². The average molecular weight is 323 g/mol. The number of nitrogens with one attached hydrogen (secondary N) is 1. The molecule has 0 spiro atoms. The molecule has 0 saturated carbocycles. The van der Waals surface area contributed by atoms with Gasteiger partial charge in [0.05, 0.1) is 11.9 Å². The third-order valence-electron chi connectivity index (χ3n) is 2.65. The smallest absolute Gasteiger partial charge is 0.275 e. The molecule has 0 aliphatic rings. The van der Waals surface area contributed by atoms with Gasteiger partial charge in [-0.15, -0.1) is 0 Å². The summed E-state index contributed by atoms with van der Waals surface area (Å²) in [6, 6.07) is 0. The first kappa shape index (κ1) is 15.4. The molecule has 0 bridgehead atoms. The van der Waals surface area contributed by atoms with Crippen molar-refractivity contribution in [2.45, 2.75) is 18.1 Å². The first-order valence-corrected chi connectivity index (χ1v) is 7.13. The molecular formula is C10H12F3N5O2S. The first-order valence-electron chi connectivity index (χ1n) is 5.64. The Hall–Kier alpha value is -2.04. The summed E-state index contributed by atoms with van der Waals surface area (Å²) in [5, 5.41) is 6.78. The van der Waals surface area contributed by atoms with E-state index < -0.39 is 27.6 Å². The predicted molar refractivity (Wildman–Crippen MR) is 67.0 cm³/mol. The maximum Gasteiger partial charge on any atom is 0.437 e. The van der Waals surface area contributed by atoms with Crippen molar-refractivity contribution >= 4 is 15.7 Å². The largest absolute Gasteiger partial charge is 0.437 e. The highest BCUT2D eigenvalue weighted by molar-refractivity contribution is 7.92. The van der Waals surface area contributed by atoms with Crippen LogP contribution in [-0.4, -0.2) is 28.0 Å². The quantitative estimate of drug-likeness (QED) is 0.922. The number of alkyl halides is 3. The van der Waals surface area contributed by atoms with Gasteiger partial charge in [-0.25, -0.2) is 0 Å². The van der Waals surface area contributed by atoms with Gasteiger partial charge in [-0.2, -0.15) is 31.8 Å². The Labute approximate surface area is 118 Å². The summed E-state index contributed by atoms with van der Waals surface area (Å²) in [7, 11) is -1.55. The lowest BCUT2D eigenvalue weighted by atomic mass is 10.4. The van der Waals surface area contributed by atoms with Crippen LogP contribution >= 0.6 is 0 Å². The minimum Gasteiger partial charge on any atom is -0.275 e. The van der Waals surface area contributed by atoms with E-state index in [0.717, 1.165) is 15.6 Å². The van der Waals surface area contributed by atoms with Crippen LogP contribution in [0.4, 0.5) is 18.9 Å². The van der Waals surface area contributed by atoms with Gasteiger partial charge in [0.15, 0.2) is 10.7 Å². The average Bonchev–Trinajstić information content (AvgIpc) is 2.81. The van der Waals surface area contributed by atoms with E-state index in [1.54, 1.807) is 0 Å². The van der Waals surface area contributed by atoms with Crippen LogP contribution < -0.4 is 4.72 Å². The van der Waals surface area contributed by atoms with E-state index in [1.165, 1.54) is 27.2 Å². The Morgan fingerprint density at radius 2 is 1.90 bits per heavy atom. The maximum atomic E-state index is 12.8. The van der Waals surface area contributed by atoms with Crippen molar-refractivity contribution < 1.29 is 21.6 Å². The predicted octanol–water partition coefficient (Wildman–Crippen LogP) is 1.28. The highest BCUT2D eigenvalue weighted by Gasteiger charge is 2.38. The molecule has 0 unspecified atom stereocenters. The lowest BCUT2D eigenvalue weighted by Crippen LogP contribution is -2.19. The molecule has 0 fully saturated rings. The normalized spacial score (nSPS) is 12.7. The number of aryl methyl sites for hydroxylation is 3. The van der Waals surface area contributed by atoms with E-state index >= 15 is 0 Å². The van der Waals surface area contributed by atoms with Gasteiger partial charge in [0.1, 0.15) is 0 Å². The fraction of sp³-hybridized carbons (Fsp3) is 0.400. The van der Waals surface area contributed by atoms with Gasteiger partial charge in [-0.1, -0.05) is 0 Å². The summed E-state index contributed by atoms with van der Waals surface area (Å²) in [6.45, 7) is 1.50. The van der Waals surface area contributed by atoms with E-state index in [4.69, 9.17) is 0 Å². The van der Waals surface area contributed by atoms with E-state index in [-0.39, 0.29) is 5.03 Å². The molecule has 2 heterocycles. The minimum atomic E-state index is -4.76. The number of aromatic nitrogens is 4. The van der Waals surface area contributed by atoms with Gasteiger partial charge in [0.25, 0.3) is 10.0 Å². The Morgan fingerprint density at radius 1 is 1.29 bits per heavy atom. The molecule has 2 aromatic heterocycles. The van der Waals surface area contributed by atoms with E-state index in [0.29, 0.717) is 5.56 Å². The molecule has 0 aromatic carbocycles. The summed E-state index contributed by atoms with van der Waals surface area (Å²) < 4.78 is 66.7. The Kier molecular flexibility index (Phi) is 3.48. The third kappa shape index (κ3) is 2.86. The maximum absolute atomic E-state index is 12.8. The second-order valence-corrected chi connectivity index (χ2v) is 6.02. The Morgan fingerprint density at radius 3 is 2.38 bits per heavy atom. The fourth-order valence-corrected chi connectivity index (χ4v) is 3.29. The highest BCUT2D eigenvalue weighted by atomic mass is 32.2. The van der Waals surface area contributed by atoms with Crippen LogP contribution in [0.15, 0.2) is 17.4 Å².